The number of anilines is 1. The van der Waals surface area contributed by atoms with Crippen LogP contribution in [0.15, 0.2) is 54.6 Å². The number of nitriles is 1. The minimum Gasteiger partial charge on any atom is -0.364 e. The van der Waals surface area contributed by atoms with Crippen LogP contribution in [0.1, 0.15) is 11.6 Å². The first-order chi connectivity index (χ1) is 8.31. The van der Waals surface area contributed by atoms with E-state index in [4.69, 9.17) is 5.26 Å². The average molecular weight is 226 g/mol. The number of para-hydroxylation sites is 1. The molecule has 0 saturated heterocycles. The first-order valence-corrected chi connectivity index (χ1v) is 5.27. The molecule has 1 unspecified atom stereocenters. The maximum atomic E-state index is 13.4. The summed E-state index contributed by atoms with van der Waals surface area (Å²) in [5, 5.41) is 12.0. The van der Waals surface area contributed by atoms with Crippen molar-refractivity contribution in [3.63, 3.8) is 0 Å². The summed E-state index contributed by atoms with van der Waals surface area (Å²) in [6, 6.07) is 17.1. The summed E-state index contributed by atoms with van der Waals surface area (Å²) in [4.78, 5) is 0. The number of nitrogens with one attached hydrogen (secondary N) is 1. The second kappa shape index (κ2) is 5.13. The Morgan fingerprint density at radius 1 is 1.00 bits per heavy atom. The second-order valence-corrected chi connectivity index (χ2v) is 3.60. The minimum absolute atomic E-state index is 0.336. The van der Waals surface area contributed by atoms with Gasteiger partial charge in [-0.15, -0.1) is 0 Å². The lowest BCUT2D eigenvalue weighted by Crippen LogP contribution is -2.09. The Bertz CT molecular complexity index is 531. The van der Waals surface area contributed by atoms with Gasteiger partial charge >= 0.3 is 0 Å². The van der Waals surface area contributed by atoms with Crippen LogP contribution < -0.4 is 5.32 Å². The third kappa shape index (κ3) is 2.61. The summed E-state index contributed by atoms with van der Waals surface area (Å²) < 4.78 is 13.4. The van der Waals surface area contributed by atoms with Gasteiger partial charge in [-0.1, -0.05) is 42.5 Å². The van der Waals surface area contributed by atoms with E-state index in [1.54, 1.807) is 18.2 Å². The van der Waals surface area contributed by atoms with Gasteiger partial charge in [-0.25, -0.2) is 4.39 Å². The van der Waals surface area contributed by atoms with Crippen molar-refractivity contribution in [2.24, 2.45) is 0 Å². The van der Waals surface area contributed by atoms with Crippen molar-refractivity contribution in [1.82, 2.24) is 0 Å². The predicted molar refractivity (Wildman–Crippen MR) is 64.8 cm³/mol. The van der Waals surface area contributed by atoms with Crippen LogP contribution in [0.4, 0.5) is 10.1 Å². The molecule has 0 amide bonds. The lowest BCUT2D eigenvalue weighted by molar-refractivity contribution is 0.629. The van der Waals surface area contributed by atoms with E-state index in [1.807, 2.05) is 30.3 Å². The fourth-order valence-electron chi connectivity index (χ4n) is 1.57. The van der Waals surface area contributed by atoms with E-state index in [-0.39, 0.29) is 5.82 Å². The first kappa shape index (κ1) is 11.2. The zero-order valence-corrected chi connectivity index (χ0v) is 9.10. The Kier molecular flexibility index (Phi) is 3.37. The summed E-state index contributed by atoms with van der Waals surface area (Å²) >= 11 is 0. The fraction of sp³-hybridized carbons (Fsp3) is 0.0714. The van der Waals surface area contributed by atoms with Crippen LogP contribution in [0, 0.1) is 17.1 Å². The molecule has 1 atom stereocenters. The van der Waals surface area contributed by atoms with Crippen LogP contribution in [0.5, 0.6) is 0 Å². The van der Waals surface area contributed by atoms with Crippen molar-refractivity contribution in [1.29, 1.82) is 5.26 Å². The first-order valence-electron chi connectivity index (χ1n) is 5.27. The summed E-state index contributed by atoms with van der Waals surface area (Å²) in [6.45, 7) is 0. The SMILES string of the molecule is N#CC(Nc1ccccc1F)c1ccccc1. The molecule has 2 aromatic carbocycles. The normalized spacial score (nSPS) is 11.5. The number of benzene rings is 2. The third-order valence-electron chi connectivity index (χ3n) is 2.44. The maximum absolute atomic E-state index is 13.4. The fourth-order valence-corrected chi connectivity index (χ4v) is 1.57. The lowest BCUT2D eigenvalue weighted by Gasteiger charge is -2.13. The molecule has 0 aliphatic heterocycles. The van der Waals surface area contributed by atoms with Gasteiger partial charge in [0.05, 0.1) is 11.8 Å². The summed E-state index contributed by atoms with van der Waals surface area (Å²) in [5.74, 6) is -0.358. The summed E-state index contributed by atoms with van der Waals surface area (Å²) in [7, 11) is 0. The van der Waals surface area contributed by atoms with Crippen LogP contribution in [0.3, 0.4) is 0 Å². The molecule has 0 saturated carbocycles. The number of hydrogen-bond acceptors (Lipinski definition) is 2. The Hall–Kier alpha value is -2.34. The van der Waals surface area contributed by atoms with E-state index < -0.39 is 6.04 Å². The number of hydrogen-bond donors (Lipinski definition) is 1. The Morgan fingerprint density at radius 2 is 1.65 bits per heavy atom. The number of nitrogens with zero attached hydrogens (tertiary/aromatic N) is 1. The van der Waals surface area contributed by atoms with E-state index in [9.17, 15) is 4.39 Å². The molecule has 0 fully saturated rings. The van der Waals surface area contributed by atoms with Gasteiger partial charge in [-0.3, -0.25) is 0 Å². The van der Waals surface area contributed by atoms with Crippen LogP contribution >= 0.6 is 0 Å². The quantitative estimate of drug-likeness (QED) is 0.869. The van der Waals surface area contributed by atoms with Gasteiger partial charge in [-0.05, 0) is 17.7 Å². The lowest BCUT2D eigenvalue weighted by atomic mass is 10.1. The van der Waals surface area contributed by atoms with Gasteiger partial charge in [0, 0.05) is 0 Å². The number of halogens is 1. The minimum atomic E-state index is -0.548. The summed E-state index contributed by atoms with van der Waals surface area (Å²) in [5.41, 5.74) is 1.15. The molecule has 0 spiro atoms. The van der Waals surface area contributed by atoms with E-state index in [0.717, 1.165) is 5.56 Å². The topological polar surface area (TPSA) is 35.8 Å². The smallest absolute Gasteiger partial charge is 0.146 e. The Balaban J connectivity index is 2.23. The molecule has 3 heteroatoms. The van der Waals surface area contributed by atoms with Gasteiger partial charge in [0.1, 0.15) is 11.9 Å². The molecular formula is C14H11FN2. The molecule has 1 N–H and O–H groups in total. The highest BCUT2D eigenvalue weighted by atomic mass is 19.1. The van der Waals surface area contributed by atoms with E-state index >= 15 is 0 Å². The molecule has 0 heterocycles. The van der Waals surface area contributed by atoms with Crippen LogP contribution in [0.2, 0.25) is 0 Å². The van der Waals surface area contributed by atoms with Crippen molar-refractivity contribution in [3.05, 3.63) is 66.0 Å². The molecule has 0 radical (unpaired) electrons. The highest BCUT2D eigenvalue weighted by molar-refractivity contribution is 5.48. The number of rotatable bonds is 3. The van der Waals surface area contributed by atoms with Gasteiger partial charge < -0.3 is 5.32 Å². The molecule has 84 valence electrons. The van der Waals surface area contributed by atoms with Crippen LogP contribution in [0.25, 0.3) is 0 Å². The highest BCUT2D eigenvalue weighted by Gasteiger charge is 2.11. The molecule has 2 nitrogen and oxygen atoms in total. The van der Waals surface area contributed by atoms with Gasteiger partial charge in [-0.2, -0.15) is 5.26 Å². The van der Waals surface area contributed by atoms with Crippen molar-refractivity contribution in [3.8, 4) is 6.07 Å². The molecular weight excluding hydrogens is 215 g/mol. The van der Waals surface area contributed by atoms with Crippen LogP contribution in [-0.4, -0.2) is 0 Å². The van der Waals surface area contributed by atoms with Crippen molar-refractivity contribution in [2.75, 3.05) is 5.32 Å². The highest BCUT2D eigenvalue weighted by Crippen LogP contribution is 2.20. The van der Waals surface area contributed by atoms with E-state index in [1.165, 1.54) is 6.07 Å². The zero-order valence-electron chi connectivity index (χ0n) is 9.10. The van der Waals surface area contributed by atoms with Crippen molar-refractivity contribution >= 4 is 5.69 Å². The largest absolute Gasteiger partial charge is 0.364 e. The van der Waals surface area contributed by atoms with E-state index in [2.05, 4.69) is 11.4 Å². The Labute approximate surface area is 99.3 Å². The van der Waals surface area contributed by atoms with Crippen LogP contribution in [-0.2, 0) is 0 Å². The molecule has 0 aromatic heterocycles. The average Bonchev–Trinajstić information content (AvgIpc) is 2.39. The predicted octanol–water partition coefficient (Wildman–Crippen LogP) is 3.50. The molecule has 17 heavy (non-hydrogen) atoms. The molecule has 0 bridgehead atoms. The summed E-state index contributed by atoms with van der Waals surface area (Å²) in [6.07, 6.45) is 0. The maximum Gasteiger partial charge on any atom is 0.146 e. The van der Waals surface area contributed by atoms with Gasteiger partial charge in [0.2, 0.25) is 0 Å². The Morgan fingerprint density at radius 3 is 2.29 bits per heavy atom. The zero-order chi connectivity index (χ0) is 12.1. The molecule has 2 rings (SSSR count). The third-order valence-corrected chi connectivity index (χ3v) is 2.44. The molecule has 0 aliphatic carbocycles. The van der Waals surface area contributed by atoms with Gasteiger partial charge in [0.15, 0.2) is 0 Å². The second-order valence-electron chi connectivity index (χ2n) is 3.60. The van der Waals surface area contributed by atoms with Crippen molar-refractivity contribution < 1.29 is 4.39 Å². The monoisotopic (exact) mass is 226 g/mol. The standard InChI is InChI=1S/C14H11FN2/c15-12-8-4-5-9-13(12)17-14(10-16)11-6-2-1-3-7-11/h1-9,14,17H. The van der Waals surface area contributed by atoms with Gasteiger partial charge in [0.25, 0.3) is 0 Å². The molecule has 0 aliphatic rings. The molecule has 2 aromatic rings. The van der Waals surface area contributed by atoms with Crippen molar-refractivity contribution in [2.45, 2.75) is 6.04 Å². The van der Waals surface area contributed by atoms with E-state index in [0.29, 0.717) is 5.69 Å².